The van der Waals surface area contributed by atoms with Crippen LogP contribution in [0.3, 0.4) is 0 Å². The summed E-state index contributed by atoms with van der Waals surface area (Å²) < 4.78 is 58.4. The molecule has 0 amide bonds. The van der Waals surface area contributed by atoms with Crippen LogP contribution in [0.1, 0.15) is 0 Å². The fraction of sp³-hybridized carbons (Fsp3) is 0.500. The maximum absolute atomic E-state index is 11.9. The summed E-state index contributed by atoms with van der Waals surface area (Å²) in [5, 5.41) is 13.8. The van der Waals surface area contributed by atoms with Crippen molar-refractivity contribution in [3.63, 3.8) is 0 Å². The third-order valence-electron chi connectivity index (χ3n) is 1.73. The van der Waals surface area contributed by atoms with Crippen molar-refractivity contribution in [2.45, 2.75) is 16.9 Å². The lowest BCUT2D eigenvalue weighted by molar-refractivity contribution is -0.392. The van der Waals surface area contributed by atoms with Crippen molar-refractivity contribution >= 4 is 37.3 Å². The number of hydrogen-bond acceptors (Lipinski definition) is 6. The van der Waals surface area contributed by atoms with Crippen LogP contribution in [0.2, 0.25) is 0 Å². The summed E-state index contributed by atoms with van der Waals surface area (Å²) in [5.41, 5.74) is -4.44. The number of alkyl halides is 3. The second-order valence-corrected chi connectivity index (χ2v) is 6.76. The van der Waals surface area contributed by atoms with E-state index in [2.05, 4.69) is 5.10 Å². The summed E-state index contributed by atoms with van der Waals surface area (Å²) in [6.07, 6.45) is 0.720. The lowest BCUT2D eigenvalue weighted by atomic mass is 10.6. The zero-order chi connectivity index (χ0) is 14.8. The van der Waals surface area contributed by atoms with Gasteiger partial charge in [-0.3, -0.25) is 0 Å². The minimum absolute atomic E-state index is 0.350. The second-order valence-electron chi connectivity index (χ2n) is 3.07. The van der Waals surface area contributed by atoms with Gasteiger partial charge in [0.2, 0.25) is 4.90 Å². The summed E-state index contributed by atoms with van der Waals surface area (Å²) in [5.74, 6) is -1.49. The lowest BCUT2D eigenvalue weighted by Crippen LogP contribution is -2.07. The summed E-state index contributed by atoms with van der Waals surface area (Å²) >= 11 is -0.354. The van der Waals surface area contributed by atoms with Crippen molar-refractivity contribution in [3.05, 3.63) is 16.3 Å². The zero-order valence-corrected chi connectivity index (χ0v) is 11.2. The fourth-order valence-electron chi connectivity index (χ4n) is 1.06. The van der Waals surface area contributed by atoms with Crippen molar-refractivity contribution in [3.8, 4) is 0 Å². The van der Waals surface area contributed by atoms with Crippen molar-refractivity contribution in [2.24, 2.45) is 0 Å². The van der Waals surface area contributed by atoms with Gasteiger partial charge >= 0.3 is 11.3 Å². The molecule has 0 aromatic carbocycles. The fourth-order valence-corrected chi connectivity index (χ4v) is 2.48. The van der Waals surface area contributed by atoms with Crippen molar-refractivity contribution in [2.75, 3.05) is 5.75 Å². The molecular weight excluding hydrogens is 335 g/mol. The van der Waals surface area contributed by atoms with Gasteiger partial charge in [0, 0.05) is 16.4 Å². The monoisotopic (exact) mass is 339 g/mol. The Morgan fingerprint density at radius 1 is 1.53 bits per heavy atom. The molecule has 7 nitrogen and oxygen atoms in total. The molecule has 0 atom stereocenters. The molecule has 1 heterocycles. The normalized spacial score (nSPS) is 12.6. The van der Waals surface area contributed by atoms with Crippen LogP contribution < -0.4 is 0 Å². The zero-order valence-electron chi connectivity index (χ0n) is 8.79. The van der Waals surface area contributed by atoms with Crippen LogP contribution in [0.4, 0.5) is 19.0 Å². The first-order chi connectivity index (χ1) is 8.50. The van der Waals surface area contributed by atoms with Crippen LogP contribution >= 0.6 is 22.4 Å². The average Bonchev–Trinajstić information content (AvgIpc) is 2.59. The minimum atomic E-state index is -4.44. The van der Waals surface area contributed by atoms with E-state index in [0.717, 1.165) is 10.9 Å². The van der Waals surface area contributed by atoms with Gasteiger partial charge in [0.15, 0.2) is 0 Å². The Labute approximate surface area is 113 Å². The molecule has 0 spiro atoms. The Morgan fingerprint density at radius 3 is 2.47 bits per heavy atom. The van der Waals surface area contributed by atoms with Crippen LogP contribution in [0.15, 0.2) is 11.1 Å². The van der Waals surface area contributed by atoms with Crippen LogP contribution in [0, 0.1) is 10.1 Å². The van der Waals surface area contributed by atoms with Crippen LogP contribution in [-0.2, 0) is 15.6 Å². The largest absolute Gasteiger partial charge is 0.441 e. The Balaban J connectivity index is 2.91. The van der Waals surface area contributed by atoms with Gasteiger partial charge in [-0.1, -0.05) is 0 Å². The standard InChI is InChI=1S/C6H5ClF3N3O4S2/c7-19(16,17)4-3-12(11-5(4)13(14)15)1-2-18-6(8,9)10/h3H,1-2H2. The minimum Gasteiger partial charge on any atom is -0.358 e. The van der Waals surface area contributed by atoms with Gasteiger partial charge in [-0.2, -0.15) is 17.9 Å². The third-order valence-corrected chi connectivity index (χ3v) is 3.76. The van der Waals surface area contributed by atoms with Gasteiger partial charge in [0.05, 0.1) is 17.8 Å². The molecule has 13 heteroatoms. The maximum Gasteiger partial charge on any atom is 0.441 e. The van der Waals surface area contributed by atoms with E-state index in [9.17, 15) is 31.7 Å². The molecule has 108 valence electrons. The molecule has 0 aliphatic carbocycles. The maximum atomic E-state index is 11.9. The van der Waals surface area contributed by atoms with E-state index in [1.54, 1.807) is 0 Å². The topological polar surface area (TPSA) is 95.1 Å². The SMILES string of the molecule is O=[N+]([O-])c1nn(CCSC(F)(F)F)cc1S(=O)(=O)Cl. The molecule has 0 saturated carbocycles. The Hall–Kier alpha value is -1.01. The molecule has 0 N–H and O–H groups in total. The summed E-state index contributed by atoms with van der Waals surface area (Å²) in [7, 11) is 0.564. The molecule has 0 aliphatic rings. The van der Waals surface area contributed by atoms with Gasteiger partial charge in [-0.15, -0.1) is 0 Å². The molecule has 0 unspecified atom stereocenters. The number of rotatable bonds is 5. The van der Waals surface area contributed by atoms with E-state index in [1.165, 1.54) is 0 Å². The van der Waals surface area contributed by atoms with Crippen LogP contribution in [0.5, 0.6) is 0 Å². The summed E-state index contributed by atoms with van der Waals surface area (Å²) in [4.78, 5) is 8.60. The van der Waals surface area contributed by atoms with Crippen molar-refractivity contribution < 1.29 is 26.5 Å². The highest BCUT2D eigenvalue weighted by molar-refractivity contribution is 8.13. The van der Waals surface area contributed by atoms with Crippen LogP contribution in [0.25, 0.3) is 0 Å². The van der Waals surface area contributed by atoms with E-state index in [4.69, 9.17) is 10.7 Å². The number of hydrogen-bond donors (Lipinski definition) is 0. The predicted octanol–water partition coefficient (Wildman–Crippen LogP) is 1.97. The number of nitro groups is 1. The Bertz CT molecular complexity index is 585. The molecule has 1 aromatic heterocycles. The number of nitrogens with zero attached hydrogens (tertiary/aromatic N) is 3. The molecule has 0 fully saturated rings. The first kappa shape index (κ1) is 16.0. The molecule has 1 aromatic rings. The molecular formula is C6H5ClF3N3O4S2. The van der Waals surface area contributed by atoms with Crippen molar-refractivity contribution in [1.82, 2.24) is 9.78 Å². The smallest absolute Gasteiger partial charge is 0.358 e. The van der Waals surface area contributed by atoms with E-state index in [0.29, 0.717) is 0 Å². The van der Waals surface area contributed by atoms with Gasteiger partial charge in [0.1, 0.15) is 0 Å². The number of aryl methyl sites for hydroxylation is 1. The molecule has 19 heavy (non-hydrogen) atoms. The molecule has 0 saturated heterocycles. The highest BCUT2D eigenvalue weighted by Gasteiger charge is 2.31. The average molecular weight is 340 g/mol. The first-order valence-electron chi connectivity index (χ1n) is 4.38. The first-order valence-corrected chi connectivity index (χ1v) is 7.67. The molecule has 0 aliphatic heterocycles. The number of thioether (sulfide) groups is 1. The Morgan fingerprint density at radius 2 is 2.11 bits per heavy atom. The highest BCUT2D eigenvalue weighted by Crippen LogP contribution is 2.30. The van der Waals surface area contributed by atoms with Crippen molar-refractivity contribution in [1.29, 1.82) is 0 Å². The van der Waals surface area contributed by atoms with Crippen LogP contribution in [-0.4, -0.2) is 34.4 Å². The summed E-state index contributed by atoms with van der Waals surface area (Å²) in [6.45, 7) is -0.350. The van der Waals surface area contributed by atoms with E-state index in [-0.39, 0.29) is 18.3 Å². The van der Waals surface area contributed by atoms with E-state index < -0.39 is 35.9 Å². The lowest BCUT2D eigenvalue weighted by Gasteiger charge is -2.03. The van der Waals surface area contributed by atoms with Gasteiger partial charge in [-0.05, 0) is 16.7 Å². The summed E-state index contributed by atoms with van der Waals surface area (Å²) in [6, 6.07) is 0. The van der Waals surface area contributed by atoms with E-state index >= 15 is 0 Å². The highest BCUT2D eigenvalue weighted by atomic mass is 35.7. The third kappa shape index (κ3) is 4.87. The molecule has 1 rings (SSSR count). The van der Waals surface area contributed by atoms with Gasteiger partial charge < -0.3 is 10.1 Å². The second kappa shape index (κ2) is 5.54. The van der Waals surface area contributed by atoms with E-state index in [1.807, 2.05) is 0 Å². The Kier molecular flexibility index (Phi) is 4.68. The molecule has 0 radical (unpaired) electrons. The van der Waals surface area contributed by atoms with Gasteiger partial charge in [0.25, 0.3) is 9.05 Å². The number of aromatic nitrogens is 2. The van der Waals surface area contributed by atoms with Gasteiger partial charge in [-0.25, -0.2) is 8.42 Å². The quantitative estimate of drug-likeness (QED) is 0.462. The predicted molar refractivity (Wildman–Crippen MR) is 60.4 cm³/mol. The molecule has 0 bridgehead atoms. The number of halogens is 4.